The van der Waals surface area contributed by atoms with E-state index in [1.54, 1.807) is 69.9 Å². The topological polar surface area (TPSA) is 125 Å². The molecule has 184 valence electrons. The summed E-state index contributed by atoms with van der Waals surface area (Å²) in [6.07, 6.45) is 2.20. The molecule has 0 radical (unpaired) electrons. The Kier molecular flexibility index (Phi) is 6.61. The van der Waals surface area contributed by atoms with Crippen molar-refractivity contribution in [3.8, 4) is 0 Å². The highest BCUT2D eigenvalue weighted by Crippen LogP contribution is 2.23. The highest BCUT2D eigenvalue weighted by Gasteiger charge is 2.25. The van der Waals surface area contributed by atoms with Gasteiger partial charge in [-0.1, -0.05) is 22.7 Å². The van der Waals surface area contributed by atoms with Gasteiger partial charge in [-0.05, 0) is 54.4 Å². The fourth-order valence-corrected chi connectivity index (χ4v) is 5.78. The third-order valence-electron chi connectivity index (χ3n) is 5.92. The van der Waals surface area contributed by atoms with Crippen molar-refractivity contribution in [3.63, 3.8) is 0 Å². The maximum Gasteiger partial charge on any atom is 0.275 e. The van der Waals surface area contributed by atoms with Crippen molar-refractivity contribution in [2.24, 2.45) is 0 Å². The molecule has 5 rings (SSSR count). The standard InChI is InChI=1S/C24H22N6O4S2/c31-23(29-12-3-13-30(15-14-29)24(32)20-16-35-28-26-20)18-7-9-19(10-8-18)27-36(33,34)21-6-1-4-17-5-2-11-25-22(17)21/h1-2,4-11,16,27H,3,12-15H2. The molecule has 36 heavy (non-hydrogen) atoms. The van der Waals surface area contributed by atoms with Crippen LogP contribution in [-0.4, -0.2) is 70.8 Å². The number of pyridine rings is 1. The number of carbonyl (C=O) groups excluding carboxylic acids is 2. The summed E-state index contributed by atoms with van der Waals surface area (Å²) in [5.74, 6) is -0.358. The van der Waals surface area contributed by atoms with Gasteiger partial charge in [0.1, 0.15) is 4.90 Å². The molecule has 0 spiro atoms. The summed E-state index contributed by atoms with van der Waals surface area (Å²) in [4.78, 5) is 33.3. The molecule has 2 amide bonds. The monoisotopic (exact) mass is 522 g/mol. The molecule has 1 N–H and O–H groups in total. The van der Waals surface area contributed by atoms with Gasteiger partial charge in [0.25, 0.3) is 21.8 Å². The molecule has 12 heteroatoms. The summed E-state index contributed by atoms with van der Waals surface area (Å²) in [6.45, 7) is 1.84. The van der Waals surface area contributed by atoms with Crippen LogP contribution in [0.4, 0.5) is 5.69 Å². The third kappa shape index (κ3) is 4.90. The van der Waals surface area contributed by atoms with Crippen LogP contribution in [0.15, 0.2) is 71.1 Å². The summed E-state index contributed by atoms with van der Waals surface area (Å²) in [5, 5.41) is 6.17. The number of fused-ring (bicyclic) bond motifs is 1. The van der Waals surface area contributed by atoms with Gasteiger partial charge in [-0.15, -0.1) is 5.10 Å². The van der Waals surface area contributed by atoms with Gasteiger partial charge in [0.2, 0.25) is 0 Å². The van der Waals surface area contributed by atoms with Gasteiger partial charge < -0.3 is 9.80 Å². The van der Waals surface area contributed by atoms with Gasteiger partial charge in [0.15, 0.2) is 5.69 Å². The molecule has 1 aliphatic rings. The van der Waals surface area contributed by atoms with Crippen LogP contribution in [-0.2, 0) is 10.0 Å². The summed E-state index contributed by atoms with van der Waals surface area (Å²) in [5.41, 5.74) is 1.48. The van der Waals surface area contributed by atoms with E-state index in [0.717, 1.165) is 16.9 Å². The Balaban J connectivity index is 1.26. The Hall–Kier alpha value is -3.90. The Labute approximate surface area is 211 Å². The smallest absolute Gasteiger partial charge is 0.275 e. The lowest BCUT2D eigenvalue weighted by atomic mass is 10.2. The number of hydrogen-bond acceptors (Lipinski definition) is 8. The number of nitrogens with zero attached hydrogens (tertiary/aromatic N) is 5. The van der Waals surface area contributed by atoms with Crippen molar-refractivity contribution < 1.29 is 18.0 Å². The summed E-state index contributed by atoms with van der Waals surface area (Å²) < 4.78 is 32.4. The molecular weight excluding hydrogens is 500 g/mol. The van der Waals surface area contributed by atoms with Gasteiger partial charge in [0.05, 0.1) is 5.52 Å². The summed E-state index contributed by atoms with van der Waals surface area (Å²) >= 11 is 1.12. The predicted molar refractivity (Wildman–Crippen MR) is 135 cm³/mol. The summed E-state index contributed by atoms with van der Waals surface area (Å²) in [7, 11) is -3.89. The summed E-state index contributed by atoms with van der Waals surface area (Å²) in [6, 6.07) is 14.8. The van der Waals surface area contributed by atoms with Crippen molar-refractivity contribution in [1.29, 1.82) is 0 Å². The maximum atomic E-state index is 13.1. The van der Waals surface area contributed by atoms with Crippen LogP contribution in [0.25, 0.3) is 10.9 Å². The number of nitrogens with one attached hydrogen (secondary N) is 1. The van der Waals surface area contributed by atoms with E-state index in [9.17, 15) is 18.0 Å². The average Bonchev–Trinajstić information content (AvgIpc) is 3.32. The van der Waals surface area contributed by atoms with Crippen molar-refractivity contribution in [2.45, 2.75) is 11.3 Å². The zero-order chi connectivity index (χ0) is 25.1. The Morgan fingerprint density at radius 2 is 1.61 bits per heavy atom. The van der Waals surface area contributed by atoms with Crippen LogP contribution in [0, 0.1) is 0 Å². The van der Waals surface area contributed by atoms with E-state index in [1.165, 1.54) is 6.07 Å². The molecule has 3 heterocycles. The zero-order valence-electron chi connectivity index (χ0n) is 19.1. The zero-order valence-corrected chi connectivity index (χ0v) is 20.7. The minimum absolute atomic E-state index is 0.0813. The third-order valence-corrected chi connectivity index (χ3v) is 7.84. The normalized spacial score (nSPS) is 14.4. The molecule has 0 bridgehead atoms. The second-order valence-corrected chi connectivity index (χ2v) is 10.5. The minimum atomic E-state index is -3.89. The molecule has 1 saturated heterocycles. The highest BCUT2D eigenvalue weighted by atomic mass is 32.2. The molecular formula is C24H22N6O4S2. The Morgan fingerprint density at radius 3 is 2.33 bits per heavy atom. The van der Waals surface area contributed by atoms with Crippen molar-refractivity contribution in [3.05, 3.63) is 77.4 Å². The maximum absolute atomic E-state index is 13.1. The van der Waals surface area contributed by atoms with E-state index >= 15 is 0 Å². The first-order chi connectivity index (χ1) is 17.4. The number of amides is 2. The van der Waals surface area contributed by atoms with Gasteiger partial charge in [-0.3, -0.25) is 19.3 Å². The first-order valence-corrected chi connectivity index (χ1v) is 13.6. The van der Waals surface area contributed by atoms with E-state index in [0.29, 0.717) is 55.1 Å². The van der Waals surface area contributed by atoms with E-state index in [1.807, 2.05) is 0 Å². The fourth-order valence-electron chi connectivity index (χ4n) is 4.11. The number of hydrogen-bond donors (Lipinski definition) is 1. The second-order valence-electron chi connectivity index (χ2n) is 8.24. The van der Waals surface area contributed by atoms with Crippen LogP contribution in [0.2, 0.25) is 0 Å². The largest absolute Gasteiger partial charge is 0.337 e. The number of rotatable bonds is 5. The van der Waals surface area contributed by atoms with Crippen LogP contribution in [0.1, 0.15) is 27.3 Å². The predicted octanol–water partition coefficient (Wildman–Crippen LogP) is 2.88. The Bertz CT molecular complexity index is 1500. The first-order valence-electron chi connectivity index (χ1n) is 11.2. The molecule has 0 unspecified atom stereocenters. The van der Waals surface area contributed by atoms with E-state index in [-0.39, 0.29) is 16.7 Å². The number of para-hydroxylation sites is 1. The van der Waals surface area contributed by atoms with Gasteiger partial charge in [0, 0.05) is 54.4 Å². The molecule has 2 aromatic heterocycles. The molecule has 2 aromatic carbocycles. The first kappa shape index (κ1) is 23.8. The van der Waals surface area contributed by atoms with Crippen LogP contribution in [0.3, 0.4) is 0 Å². The molecule has 0 saturated carbocycles. The lowest BCUT2D eigenvalue weighted by Crippen LogP contribution is -2.37. The van der Waals surface area contributed by atoms with Crippen LogP contribution < -0.4 is 4.72 Å². The van der Waals surface area contributed by atoms with Crippen molar-refractivity contribution in [2.75, 3.05) is 30.9 Å². The number of sulfonamides is 1. The molecule has 1 aliphatic heterocycles. The van der Waals surface area contributed by atoms with Gasteiger partial charge in [-0.25, -0.2) is 8.42 Å². The number of anilines is 1. The van der Waals surface area contributed by atoms with Gasteiger partial charge in [-0.2, -0.15) is 0 Å². The number of aromatic nitrogens is 3. The van der Waals surface area contributed by atoms with Crippen molar-refractivity contribution in [1.82, 2.24) is 24.4 Å². The minimum Gasteiger partial charge on any atom is -0.337 e. The number of benzene rings is 2. The molecule has 0 aliphatic carbocycles. The van der Waals surface area contributed by atoms with E-state index in [2.05, 4.69) is 19.3 Å². The lowest BCUT2D eigenvalue weighted by Gasteiger charge is -2.22. The fraction of sp³-hybridized carbons (Fsp3) is 0.208. The second kappa shape index (κ2) is 9.99. The average molecular weight is 523 g/mol. The molecule has 0 atom stereocenters. The number of carbonyl (C=O) groups is 2. The lowest BCUT2D eigenvalue weighted by molar-refractivity contribution is 0.0715. The van der Waals surface area contributed by atoms with Gasteiger partial charge >= 0.3 is 0 Å². The van der Waals surface area contributed by atoms with Crippen LogP contribution in [0.5, 0.6) is 0 Å². The van der Waals surface area contributed by atoms with Crippen molar-refractivity contribution >= 4 is 50.0 Å². The SMILES string of the molecule is O=C(c1ccc(NS(=O)(=O)c2cccc3cccnc23)cc1)N1CCCN(C(=O)c2csnn2)CC1. The van der Waals surface area contributed by atoms with Crippen LogP contribution >= 0.6 is 11.5 Å². The molecule has 10 nitrogen and oxygen atoms in total. The van der Waals surface area contributed by atoms with E-state index in [4.69, 9.17) is 0 Å². The molecule has 1 fully saturated rings. The van der Waals surface area contributed by atoms with E-state index < -0.39 is 10.0 Å². The molecule has 4 aromatic rings. The Morgan fingerprint density at radius 1 is 0.889 bits per heavy atom. The highest BCUT2D eigenvalue weighted by molar-refractivity contribution is 7.93. The quantitative estimate of drug-likeness (QED) is 0.427.